The largest absolute Gasteiger partial charge is 0.357 e. The average Bonchev–Trinajstić information content (AvgIpc) is 3.03. The van der Waals surface area contributed by atoms with Crippen molar-refractivity contribution in [1.29, 1.82) is 0 Å². The van der Waals surface area contributed by atoms with Crippen molar-refractivity contribution in [3.05, 3.63) is 69.3 Å². The Bertz CT molecular complexity index is 1090. The Morgan fingerprint density at radius 2 is 1.97 bits per heavy atom. The molecular formula is C22H21Cl2N3O2. The molecule has 0 radical (unpaired) electrons. The summed E-state index contributed by atoms with van der Waals surface area (Å²) < 4.78 is 0. The number of nitrogens with one attached hydrogen (secondary N) is 2. The van der Waals surface area contributed by atoms with Crippen molar-refractivity contribution < 1.29 is 9.59 Å². The molecular weight excluding hydrogens is 409 g/mol. The fourth-order valence-corrected chi connectivity index (χ4v) is 4.35. The monoisotopic (exact) mass is 429 g/mol. The number of amides is 2. The van der Waals surface area contributed by atoms with Crippen LogP contribution in [0.15, 0.2) is 42.5 Å². The average molecular weight is 430 g/mol. The summed E-state index contributed by atoms with van der Waals surface area (Å²) in [6.45, 7) is 2.50. The first-order chi connectivity index (χ1) is 13.9. The Balaban J connectivity index is 1.56. The minimum absolute atomic E-state index is 0.0949. The number of halogens is 2. The lowest BCUT2D eigenvalue weighted by Gasteiger charge is -2.31. The van der Waals surface area contributed by atoms with Gasteiger partial charge in [0.2, 0.25) is 11.8 Å². The second kappa shape index (κ2) is 8.09. The minimum atomic E-state index is -0.633. The smallest absolute Gasteiger partial charge is 0.245 e. The molecule has 0 fully saturated rings. The number of hydrogen-bond acceptors (Lipinski definition) is 2. The molecule has 1 aromatic heterocycles. The molecule has 29 heavy (non-hydrogen) atoms. The molecule has 2 amide bonds. The van der Waals surface area contributed by atoms with Crippen LogP contribution >= 0.6 is 23.2 Å². The molecule has 1 aliphatic rings. The van der Waals surface area contributed by atoms with Crippen LogP contribution in [0.2, 0.25) is 10.0 Å². The number of aromatic amines is 1. The van der Waals surface area contributed by atoms with Gasteiger partial charge < -0.3 is 15.2 Å². The van der Waals surface area contributed by atoms with E-state index in [2.05, 4.69) is 10.3 Å². The van der Waals surface area contributed by atoms with Gasteiger partial charge in [-0.3, -0.25) is 9.59 Å². The van der Waals surface area contributed by atoms with E-state index < -0.39 is 6.04 Å². The summed E-state index contributed by atoms with van der Waals surface area (Å²) in [7, 11) is 0. The summed E-state index contributed by atoms with van der Waals surface area (Å²) in [5, 5.41) is 5.22. The predicted octanol–water partition coefficient (Wildman–Crippen LogP) is 4.11. The maximum absolute atomic E-state index is 13.2. The van der Waals surface area contributed by atoms with Gasteiger partial charge in [0.25, 0.3) is 0 Å². The van der Waals surface area contributed by atoms with Crippen LogP contribution in [-0.2, 0) is 29.0 Å². The van der Waals surface area contributed by atoms with Gasteiger partial charge in [-0.15, -0.1) is 0 Å². The van der Waals surface area contributed by atoms with E-state index in [0.29, 0.717) is 29.6 Å². The SMILES string of the molecule is CC(=O)N[C@@H](Cc1cccc(Cl)c1)C(=O)N1CCc2c([nH]c3ccc(Cl)cc23)C1. The van der Waals surface area contributed by atoms with Crippen molar-refractivity contribution in [3.8, 4) is 0 Å². The van der Waals surface area contributed by atoms with E-state index in [1.807, 2.05) is 36.4 Å². The molecule has 2 heterocycles. The molecule has 2 aromatic carbocycles. The zero-order valence-electron chi connectivity index (χ0n) is 16.0. The number of carbonyl (C=O) groups is 2. The topological polar surface area (TPSA) is 65.2 Å². The maximum Gasteiger partial charge on any atom is 0.245 e. The Morgan fingerprint density at radius 3 is 2.72 bits per heavy atom. The highest BCUT2D eigenvalue weighted by Gasteiger charge is 2.29. The summed E-state index contributed by atoms with van der Waals surface area (Å²) in [6, 6.07) is 12.5. The fraction of sp³-hybridized carbons (Fsp3) is 0.273. The third-order valence-corrected chi connectivity index (χ3v) is 5.72. The summed E-state index contributed by atoms with van der Waals surface area (Å²) in [6.07, 6.45) is 1.13. The lowest BCUT2D eigenvalue weighted by Crippen LogP contribution is -2.50. The number of nitrogens with zero attached hydrogens (tertiary/aromatic N) is 1. The number of benzene rings is 2. The standard InChI is InChI=1S/C22H21Cl2N3O2/c1-13(28)25-20(10-14-3-2-4-15(23)9-14)22(29)27-8-7-17-18-11-16(24)5-6-19(18)26-21(17)12-27/h2-6,9,11,20,26H,7-8,10,12H2,1H3,(H,25,28)/t20-/m0/s1. The molecule has 4 rings (SSSR count). The normalized spacial score (nSPS) is 14.5. The van der Waals surface area contributed by atoms with Gasteiger partial charge in [-0.05, 0) is 47.9 Å². The molecule has 0 aliphatic carbocycles. The van der Waals surface area contributed by atoms with Crippen molar-refractivity contribution in [2.75, 3.05) is 6.54 Å². The zero-order chi connectivity index (χ0) is 20.5. The van der Waals surface area contributed by atoms with Crippen molar-refractivity contribution in [2.45, 2.75) is 32.4 Å². The molecule has 0 bridgehead atoms. The minimum Gasteiger partial charge on any atom is -0.357 e. The van der Waals surface area contributed by atoms with Gasteiger partial charge in [0.1, 0.15) is 6.04 Å². The van der Waals surface area contributed by atoms with E-state index >= 15 is 0 Å². The Labute approximate surface area is 179 Å². The van der Waals surface area contributed by atoms with Crippen LogP contribution in [0, 0.1) is 0 Å². The number of aromatic nitrogens is 1. The van der Waals surface area contributed by atoms with Gasteiger partial charge in [-0.2, -0.15) is 0 Å². The molecule has 7 heteroatoms. The Kier molecular flexibility index (Phi) is 5.52. The number of fused-ring (bicyclic) bond motifs is 3. The molecule has 0 saturated heterocycles. The first-order valence-corrected chi connectivity index (χ1v) is 10.3. The van der Waals surface area contributed by atoms with E-state index in [1.165, 1.54) is 12.5 Å². The fourth-order valence-electron chi connectivity index (χ4n) is 3.97. The van der Waals surface area contributed by atoms with Gasteiger partial charge in [0.15, 0.2) is 0 Å². The lowest BCUT2D eigenvalue weighted by atomic mass is 10.0. The van der Waals surface area contributed by atoms with E-state index in [4.69, 9.17) is 23.2 Å². The van der Waals surface area contributed by atoms with Crippen molar-refractivity contribution >= 4 is 45.9 Å². The highest BCUT2D eigenvalue weighted by molar-refractivity contribution is 6.31. The van der Waals surface area contributed by atoms with Gasteiger partial charge in [-0.1, -0.05) is 35.3 Å². The molecule has 2 N–H and O–H groups in total. The summed E-state index contributed by atoms with van der Waals surface area (Å²) in [5.41, 5.74) is 4.15. The van der Waals surface area contributed by atoms with Crippen molar-refractivity contribution in [2.24, 2.45) is 0 Å². The van der Waals surface area contributed by atoms with E-state index in [-0.39, 0.29) is 11.8 Å². The molecule has 5 nitrogen and oxygen atoms in total. The molecule has 0 unspecified atom stereocenters. The third-order valence-electron chi connectivity index (χ3n) is 5.25. The van der Waals surface area contributed by atoms with Crippen LogP contribution < -0.4 is 5.32 Å². The van der Waals surface area contributed by atoms with Crippen molar-refractivity contribution in [3.63, 3.8) is 0 Å². The highest BCUT2D eigenvalue weighted by atomic mass is 35.5. The maximum atomic E-state index is 13.2. The quantitative estimate of drug-likeness (QED) is 0.655. The van der Waals surface area contributed by atoms with Crippen molar-refractivity contribution in [1.82, 2.24) is 15.2 Å². The van der Waals surface area contributed by atoms with Crippen LogP contribution in [-0.4, -0.2) is 34.3 Å². The van der Waals surface area contributed by atoms with E-state index in [9.17, 15) is 9.59 Å². The second-order valence-corrected chi connectivity index (χ2v) is 8.24. The lowest BCUT2D eigenvalue weighted by molar-refractivity contribution is -0.136. The molecule has 150 valence electrons. The van der Waals surface area contributed by atoms with Crippen LogP contribution in [0.4, 0.5) is 0 Å². The number of H-pyrrole nitrogens is 1. The first kappa shape index (κ1) is 19.8. The van der Waals surface area contributed by atoms with E-state index in [1.54, 1.807) is 11.0 Å². The first-order valence-electron chi connectivity index (χ1n) is 9.50. The predicted molar refractivity (Wildman–Crippen MR) is 115 cm³/mol. The van der Waals surface area contributed by atoms with Gasteiger partial charge in [-0.25, -0.2) is 0 Å². The number of rotatable bonds is 4. The van der Waals surface area contributed by atoms with Crippen LogP contribution in [0.1, 0.15) is 23.7 Å². The summed E-state index contributed by atoms with van der Waals surface area (Å²) in [5.74, 6) is -0.328. The highest BCUT2D eigenvalue weighted by Crippen LogP contribution is 2.30. The molecule has 1 aliphatic heterocycles. The van der Waals surface area contributed by atoms with Crippen LogP contribution in [0.5, 0.6) is 0 Å². The molecule has 0 saturated carbocycles. The third kappa shape index (κ3) is 4.26. The summed E-state index contributed by atoms with van der Waals surface area (Å²) in [4.78, 5) is 30.2. The Morgan fingerprint density at radius 1 is 1.17 bits per heavy atom. The van der Waals surface area contributed by atoms with Crippen LogP contribution in [0.3, 0.4) is 0 Å². The molecule has 1 atom stereocenters. The van der Waals surface area contributed by atoms with Gasteiger partial charge in [0.05, 0.1) is 6.54 Å². The number of carbonyl (C=O) groups excluding carboxylic acids is 2. The zero-order valence-corrected chi connectivity index (χ0v) is 17.5. The van der Waals surface area contributed by atoms with Gasteiger partial charge >= 0.3 is 0 Å². The van der Waals surface area contributed by atoms with Gasteiger partial charge in [0, 0.05) is 46.5 Å². The van der Waals surface area contributed by atoms with E-state index in [0.717, 1.165) is 28.6 Å². The number of hydrogen-bond donors (Lipinski definition) is 2. The Hall–Kier alpha value is -2.50. The molecule has 0 spiro atoms. The molecule has 3 aromatic rings. The van der Waals surface area contributed by atoms with Crippen LogP contribution in [0.25, 0.3) is 10.9 Å². The summed E-state index contributed by atoms with van der Waals surface area (Å²) >= 11 is 12.2. The second-order valence-electron chi connectivity index (χ2n) is 7.37.